The fraction of sp³-hybridized carbons (Fsp3) is 0.290. The highest BCUT2D eigenvalue weighted by Gasteiger charge is 2.28. The monoisotopic (exact) mass is 511 g/mol. The van der Waals surface area contributed by atoms with Gasteiger partial charge in [-0.05, 0) is 74.7 Å². The zero-order valence-electron chi connectivity index (χ0n) is 22.1. The molecule has 0 radical (unpaired) electrons. The van der Waals surface area contributed by atoms with Gasteiger partial charge in [0, 0.05) is 18.7 Å². The van der Waals surface area contributed by atoms with E-state index in [4.69, 9.17) is 19.3 Å². The van der Waals surface area contributed by atoms with E-state index in [1.165, 1.54) is 0 Å². The third kappa shape index (κ3) is 5.73. The van der Waals surface area contributed by atoms with Crippen molar-refractivity contribution in [1.82, 2.24) is 14.7 Å². The minimum Gasteiger partial charge on any atom is -0.497 e. The summed E-state index contributed by atoms with van der Waals surface area (Å²) >= 11 is 0. The number of hydrogen-bond acceptors (Lipinski definition) is 5. The van der Waals surface area contributed by atoms with Crippen molar-refractivity contribution in [2.75, 3.05) is 20.3 Å². The number of carbonyl (C=O) groups is 1. The molecule has 1 amide bonds. The molecule has 1 aromatic heterocycles. The van der Waals surface area contributed by atoms with Crippen LogP contribution in [0, 0.1) is 13.8 Å². The maximum Gasteiger partial charge on any atom is 0.254 e. The number of aromatic nitrogens is 2. The Morgan fingerprint density at radius 3 is 2.55 bits per heavy atom. The molecular formula is C31H33N3O4. The summed E-state index contributed by atoms with van der Waals surface area (Å²) in [5.41, 5.74) is 4.20. The van der Waals surface area contributed by atoms with E-state index in [0.717, 1.165) is 42.0 Å². The summed E-state index contributed by atoms with van der Waals surface area (Å²) in [5.74, 6) is 1.86. The van der Waals surface area contributed by atoms with Crippen LogP contribution in [-0.2, 0) is 11.3 Å². The smallest absolute Gasteiger partial charge is 0.254 e. The number of benzene rings is 3. The van der Waals surface area contributed by atoms with Crippen molar-refractivity contribution in [1.29, 1.82) is 0 Å². The Balaban J connectivity index is 1.55. The second-order valence-corrected chi connectivity index (χ2v) is 9.59. The highest BCUT2D eigenvalue weighted by atomic mass is 16.5. The van der Waals surface area contributed by atoms with E-state index in [1.54, 1.807) is 13.2 Å². The van der Waals surface area contributed by atoms with Crippen molar-refractivity contribution in [3.8, 4) is 23.1 Å². The number of methoxy groups -OCH3 is 1. The molecule has 196 valence electrons. The SMILES string of the molecule is COc1cccc(C(=O)N(Cc2c(C)nn(-c3ccccc3)c2Oc2cccc(C)c2)C[C@H]2CCCO2)c1. The van der Waals surface area contributed by atoms with Crippen molar-refractivity contribution in [3.05, 3.63) is 101 Å². The van der Waals surface area contributed by atoms with Gasteiger partial charge in [0.1, 0.15) is 11.5 Å². The average molecular weight is 512 g/mol. The van der Waals surface area contributed by atoms with E-state index in [2.05, 4.69) is 0 Å². The second-order valence-electron chi connectivity index (χ2n) is 9.59. The summed E-state index contributed by atoms with van der Waals surface area (Å²) in [5, 5.41) is 4.85. The van der Waals surface area contributed by atoms with Crippen LogP contribution in [0.4, 0.5) is 0 Å². The van der Waals surface area contributed by atoms with Gasteiger partial charge in [0.2, 0.25) is 5.88 Å². The molecule has 3 aromatic carbocycles. The van der Waals surface area contributed by atoms with Crippen LogP contribution in [0.5, 0.6) is 17.4 Å². The Hall–Kier alpha value is -4.10. The van der Waals surface area contributed by atoms with Crippen LogP contribution >= 0.6 is 0 Å². The molecule has 38 heavy (non-hydrogen) atoms. The molecule has 2 heterocycles. The molecule has 4 aromatic rings. The van der Waals surface area contributed by atoms with Gasteiger partial charge in [-0.2, -0.15) is 5.10 Å². The topological polar surface area (TPSA) is 65.8 Å². The van der Waals surface area contributed by atoms with Crippen molar-refractivity contribution < 1.29 is 19.0 Å². The molecule has 0 unspecified atom stereocenters. The summed E-state index contributed by atoms with van der Waals surface area (Å²) in [6.45, 7) is 5.52. The molecule has 7 heteroatoms. The summed E-state index contributed by atoms with van der Waals surface area (Å²) in [6, 6.07) is 25.1. The van der Waals surface area contributed by atoms with E-state index in [1.807, 2.05) is 96.2 Å². The van der Waals surface area contributed by atoms with E-state index >= 15 is 0 Å². The highest BCUT2D eigenvalue weighted by molar-refractivity contribution is 5.94. The molecule has 1 aliphatic heterocycles. The van der Waals surface area contributed by atoms with Gasteiger partial charge < -0.3 is 19.1 Å². The van der Waals surface area contributed by atoms with Crippen LogP contribution in [-0.4, -0.2) is 47.0 Å². The normalized spacial score (nSPS) is 14.9. The predicted molar refractivity (Wildman–Crippen MR) is 146 cm³/mol. The van der Waals surface area contributed by atoms with Crippen LogP contribution in [0.2, 0.25) is 0 Å². The van der Waals surface area contributed by atoms with E-state index in [0.29, 0.717) is 36.0 Å². The predicted octanol–water partition coefficient (Wildman–Crippen LogP) is 6.11. The molecule has 1 fully saturated rings. The third-order valence-electron chi connectivity index (χ3n) is 6.74. The van der Waals surface area contributed by atoms with Gasteiger partial charge in [-0.25, -0.2) is 4.68 Å². The van der Waals surface area contributed by atoms with Crippen molar-refractivity contribution >= 4 is 5.91 Å². The molecular weight excluding hydrogens is 478 g/mol. The average Bonchev–Trinajstić information content (AvgIpc) is 3.56. The molecule has 0 bridgehead atoms. The first-order valence-electron chi connectivity index (χ1n) is 12.9. The lowest BCUT2D eigenvalue weighted by molar-refractivity contribution is 0.0505. The van der Waals surface area contributed by atoms with Crippen LogP contribution < -0.4 is 9.47 Å². The van der Waals surface area contributed by atoms with E-state index in [-0.39, 0.29) is 12.0 Å². The summed E-state index contributed by atoms with van der Waals surface area (Å²) in [4.78, 5) is 15.7. The van der Waals surface area contributed by atoms with Crippen molar-refractivity contribution in [2.45, 2.75) is 39.3 Å². The van der Waals surface area contributed by atoms with Gasteiger partial charge in [-0.1, -0.05) is 36.4 Å². The quantitative estimate of drug-likeness (QED) is 0.271. The number of rotatable bonds is 9. The minimum absolute atomic E-state index is 0.00447. The van der Waals surface area contributed by atoms with Gasteiger partial charge >= 0.3 is 0 Å². The molecule has 5 rings (SSSR count). The number of amides is 1. The van der Waals surface area contributed by atoms with Gasteiger partial charge in [0.15, 0.2) is 0 Å². The first-order chi connectivity index (χ1) is 18.5. The molecule has 0 spiro atoms. The largest absolute Gasteiger partial charge is 0.497 e. The fourth-order valence-electron chi connectivity index (χ4n) is 4.74. The molecule has 0 aliphatic carbocycles. The zero-order valence-corrected chi connectivity index (χ0v) is 22.1. The molecule has 1 aliphatic rings. The molecule has 1 atom stereocenters. The maximum atomic E-state index is 13.9. The van der Waals surface area contributed by atoms with Crippen LogP contribution in [0.1, 0.15) is 40.0 Å². The standard InChI is InChI=1S/C31H33N3O4/c1-22-10-7-15-27(18-22)38-31-29(23(2)32-34(31)25-12-5-4-6-13-25)21-33(20-28-16-9-17-37-28)30(35)24-11-8-14-26(19-24)36-3/h4-8,10-15,18-19,28H,9,16-17,20-21H2,1-3H3/t28-/m1/s1. The Morgan fingerprint density at radius 1 is 1.03 bits per heavy atom. The lowest BCUT2D eigenvalue weighted by Crippen LogP contribution is -2.37. The van der Waals surface area contributed by atoms with Gasteiger partial charge in [0.05, 0.1) is 36.7 Å². The van der Waals surface area contributed by atoms with Gasteiger partial charge in [-0.15, -0.1) is 0 Å². The number of ether oxygens (including phenoxy) is 3. The summed E-state index contributed by atoms with van der Waals surface area (Å²) < 4.78 is 19.6. The Bertz CT molecular complexity index is 1390. The van der Waals surface area contributed by atoms with Crippen LogP contribution in [0.25, 0.3) is 5.69 Å². The maximum absolute atomic E-state index is 13.9. The number of carbonyl (C=O) groups excluding carboxylic acids is 1. The second kappa shape index (κ2) is 11.5. The van der Waals surface area contributed by atoms with Crippen molar-refractivity contribution in [2.24, 2.45) is 0 Å². The van der Waals surface area contributed by atoms with Crippen molar-refractivity contribution in [3.63, 3.8) is 0 Å². The first kappa shape index (κ1) is 25.5. The lowest BCUT2D eigenvalue weighted by Gasteiger charge is -2.26. The Labute approximate surface area is 223 Å². The first-order valence-corrected chi connectivity index (χ1v) is 12.9. The summed E-state index contributed by atoms with van der Waals surface area (Å²) in [7, 11) is 1.60. The number of nitrogens with zero attached hydrogens (tertiary/aromatic N) is 3. The number of hydrogen-bond donors (Lipinski definition) is 0. The molecule has 7 nitrogen and oxygen atoms in total. The lowest BCUT2D eigenvalue weighted by atomic mass is 10.1. The van der Waals surface area contributed by atoms with Gasteiger partial charge in [0.25, 0.3) is 5.91 Å². The molecule has 0 N–H and O–H groups in total. The highest BCUT2D eigenvalue weighted by Crippen LogP contribution is 2.33. The van der Waals surface area contributed by atoms with Crippen LogP contribution in [0.15, 0.2) is 78.9 Å². The molecule has 1 saturated heterocycles. The summed E-state index contributed by atoms with van der Waals surface area (Å²) in [6.07, 6.45) is 1.92. The van der Waals surface area contributed by atoms with Gasteiger partial charge in [-0.3, -0.25) is 4.79 Å². The Morgan fingerprint density at radius 2 is 1.82 bits per heavy atom. The van der Waals surface area contributed by atoms with Crippen LogP contribution in [0.3, 0.4) is 0 Å². The third-order valence-corrected chi connectivity index (χ3v) is 6.74. The Kier molecular flexibility index (Phi) is 7.75. The number of aryl methyl sites for hydroxylation is 2. The molecule has 0 saturated carbocycles. The van der Waals surface area contributed by atoms with E-state index < -0.39 is 0 Å². The number of para-hydroxylation sites is 1. The minimum atomic E-state index is -0.0900. The van der Waals surface area contributed by atoms with E-state index in [9.17, 15) is 4.79 Å². The fourth-order valence-corrected chi connectivity index (χ4v) is 4.74. The zero-order chi connectivity index (χ0) is 26.5.